The number of rotatable bonds is 3. The molecule has 0 aliphatic carbocycles. The van der Waals surface area contributed by atoms with E-state index in [9.17, 15) is 4.79 Å². The van der Waals surface area contributed by atoms with E-state index in [1.54, 1.807) is 0 Å². The van der Waals surface area contributed by atoms with E-state index in [-0.39, 0.29) is 22.7 Å². The molecule has 0 aliphatic heterocycles. The molecule has 0 atom stereocenters. The molecule has 0 aromatic carbocycles. The first kappa shape index (κ1) is 15.2. The summed E-state index contributed by atoms with van der Waals surface area (Å²) in [5.74, 6) is 0.0408. The normalized spacial score (nSPS) is 11.7. The molecule has 0 fully saturated rings. The number of aromatic amines is 1. The average molecular weight is 309 g/mol. The first-order chi connectivity index (χ1) is 9.81. The van der Waals surface area contributed by atoms with E-state index in [0.29, 0.717) is 0 Å². The van der Waals surface area contributed by atoms with Gasteiger partial charge in [0.2, 0.25) is 5.28 Å². The number of aromatic nitrogens is 4. The van der Waals surface area contributed by atoms with Crippen LogP contribution in [0.15, 0.2) is 9.79 Å². The SMILES string of the molecule is Cc1nn(C(C)C)c(C)c1N=Cc1c(N)nc(Cl)[nH]c1=O. The zero-order valence-corrected chi connectivity index (χ0v) is 13.1. The highest BCUT2D eigenvalue weighted by Crippen LogP contribution is 2.25. The smallest absolute Gasteiger partial charge is 0.262 e. The van der Waals surface area contributed by atoms with Gasteiger partial charge in [-0.3, -0.25) is 19.5 Å². The van der Waals surface area contributed by atoms with Crippen LogP contribution in [0.25, 0.3) is 0 Å². The maximum atomic E-state index is 11.8. The fourth-order valence-corrected chi connectivity index (χ4v) is 2.25. The Morgan fingerprint density at radius 1 is 1.43 bits per heavy atom. The van der Waals surface area contributed by atoms with Crippen LogP contribution >= 0.6 is 11.6 Å². The minimum absolute atomic E-state index is 0.0408. The summed E-state index contributed by atoms with van der Waals surface area (Å²) >= 11 is 5.62. The summed E-state index contributed by atoms with van der Waals surface area (Å²) in [7, 11) is 0. The van der Waals surface area contributed by atoms with Crippen LogP contribution in [0, 0.1) is 13.8 Å². The van der Waals surface area contributed by atoms with Crippen LogP contribution in [0.3, 0.4) is 0 Å². The molecule has 0 radical (unpaired) electrons. The molecule has 2 aromatic heterocycles. The van der Waals surface area contributed by atoms with Crippen molar-refractivity contribution in [1.29, 1.82) is 0 Å². The Morgan fingerprint density at radius 2 is 2.10 bits per heavy atom. The van der Waals surface area contributed by atoms with Gasteiger partial charge >= 0.3 is 0 Å². The molecule has 0 saturated heterocycles. The third-order valence-electron chi connectivity index (χ3n) is 3.05. The van der Waals surface area contributed by atoms with Crippen LogP contribution in [0.5, 0.6) is 0 Å². The number of nitrogens with two attached hydrogens (primary N) is 1. The number of aliphatic imine (C=N–C) groups is 1. The number of nitrogen functional groups attached to an aromatic ring is 1. The monoisotopic (exact) mass is 308 g/mol. The molecular formula is C13H17ClN6O. The molecule has 0 saturated carbocycles. The molecule has 8 heteroatoms. The largest absolute Gasteiger partial charge is 0.383 e. The van der Waals surface area contributed by atoms with Gasteiger partial charge in [-0.15, -0.1) is 0 Å². The van der Waals surface area contributed by atoms with Gasteiger partial charge in [0.15, 0.2) is 0 Å². The van der Waals surface area contributed by atoms with Gasteiger partial charge in [0.25, 0.3) is 5.56 Å². The third kappa shape index (κ3) is 2.97. The fourth-order valence-electron chi connectivity index (χ4n) is 2.07. The Kier molecular flexibility index (Phi) is 4.13. The Labute approximate surface area is 126 Å². The Morgan fingerprint density at radius 3 is 2.62 bits per heavy atom. The number of hydrogen-bond acceptors (Lipinski definition) is 5. The van der Waals surface area contributed by atoms with Crippen molar-refractivity contribution in [2.24, 2.45) is 4.99 Å². The number of nitrogens with one attached hydrogen (secondary N) is 1. The van der Waals surface area contributed by atoms with Crippen molar-refractivity contribution < 1.29 is 0 Å². The second-order valence-corrected chi connectivity index (χ2v) is 5.33. The van der Waals surface area contributed by atoms with Crippen molar-refractivity contribution in [3.05, 3.63) is 32.6 Å². The van der Waals surface area contributed by atoms with E-state index in [4.69, 9.17) is 17.3 Å². The van der Waals surface area contributed by atoms with Gasteiger partial charge in [0.05, 0.1) is 11.4 Å². The number of hydrogen-bond donors (Lipinski definition) is 2. The zero-order chi connectivity index (χ0) is 15.7. The lowest BCUT2D eigenvalue weighted by Crippen LogP contribution is -2.16. The van der Waals surface area contributed by atoms with E-state index in [0.717, 1.165) is 17.1 Å². The molecule has 0 spiro atoms. The molecule has 0 aliphatic rings. The molecule has 0 bridgehead atoms. The highest BCUT2D eigenvalue weighted by atomic mass is 35.5. The Hall–Kier alpha value is -2.15. The Balaban J connectivity index is 2.46. The van der Waals surface area contributed by atoms with E-state index in [1.165, 1.54) is 6.21 Å². The highest BCUT2D eigenvalue weighted by molar-refractivity contribution is 6.28. The first-order valence-electron chi connectivity index (χ1n) is 6.46. The maximum absolute atomic E-state index is 11.8. The maximum Gasteiger partial charge on any atom is 0.262 e. The van der Waals surface area contributed by atoms with Gasteiger partial charge < -0.3 is 5.73 Å². The summed E-state index contributed by atoms with van der Waals surface area (Å²) in [6.45, 7) is 7.88. The zero-order valence-electron chi connectivity index (χ0n) is 12.3. The molecule has 0 amide bonds. The van der Waals surface area contributed by atoms with Gasteiger partial charge in [0, 0.05) is 12.3 Å². The van der Waals surface area contributed by atoms with Crippen molar-refractivity contribution in [2.75, 3.05) is 5.73 Å². The number of H-pyrrole nitrogens is 1. The van der Waals surface area contributed by atoms with E-state index < -0.39 is 5.56 Å². The predicted octanol–water partition coefficient (Wildman–Crippen LogP) is 2.15. The van der Waals surface area contributed by atoms with Gasteiger partial charge in [0.1, 0.15) is 17.1 Å². The second kappa shape index (κ2) is 5.69. The summed E-state index contributed by atoms with van der Waals surface area (Å²) < 4.78 is 1.88. The summed E-state index contributed by atoms with van der Waals surface area (Å²) in [5.41, 5.74) is 7.87. The van der Waals surface area contributed by atoms with Crippen LogP contribution < -0.4 is 11.3 Å². The molecule has 3 N–H and O–H groups in total. The molecule has 7 nitrogen and oxygen atoms in total. The quantitative estimate of drug-likeness (QED) is 0.670. The lowest BCUT2D eigenvalue weighted by Gasteiger charge is -2.07. The highest BCUT2D eigenvalue weighted by Gasteiger charge is 2.13. The lowest BCUT2D eigenvalue weighted by molar-refractivity contribution is 0.516. The number of anilines is 1. The van der Waals surface area contributed by atoms with Crippen molar-refractivity contribution in [3.63, 3.8) is 0 Å². The summed E-state index contributed by atoms with van der Waals surface area (Å²) in [6, 6.07) is 0.235. The van der Waals surface area contributed by atoms with E-state index in [1.807, 2.05) is 32.4 Å². The molecule has 2 rings (SSSR count). The van der Waals surface area contributed by atoms with Gasteiger partial charge in [-0.05, 0) is 39.3 Å². The molecule has 21 heavy (non-hydrogen) atoms. The van der Waals surface area contributed by atoms with Gasteiger partial charge in [-0.2, -0.15) is 5.10 Å². The first-order valence-corrected chi connectivity index (χ1v) is 6.84. The minimum atomic E-state index is -0.428. The van der Waals surface area contributed by atoms with Crippen LogP contribution in [0.4, 0.5) is 11.5 Å². The van der Waals surface area contributed by atoms with Crippen molar-refractivity contribution in [2.45, 2.75) is 33.7 Å². The molecule has 2 aromatic rings. The minimum Gasteiger partial charge on any atom is -0.383 e. The van der Waals surface area contributed by atoms with Crippen LogP contribution in [-0.2, 0) is 0 Å². The summed E-state index contributed by atoms with van der Waals surface area (Å²) in [6.07, 6.45) is 1.39. The van der Waals surface area contributed by atoms with E-state index >= 15 is 0 Å². The van der Waals surface area contributed by atoms with Gasteiger partial charge in [-0.25, -0.2) is 4.98 Å². The number of halogens is 1. The molecule has 112 valence electrons. The summed E-state index contributed by atoms with van der Waals surface area (Å²) in [5, 5.41) is 4.38. The molecule has 0 unspecified atom stereocenters. The third-order valence-corrected chi connectivity index (χ3v) is 3.23. The number of nitrogens with zero attached hydrogens (tertiary/aromatic N) is 4. The van der Waals surface area contributed by atoms with Crippen LogP contribution in [0.1, 0.15) is 36.8 Å². The molecular weight excluding hydrogens is 292 g/mol. The van der Waals surface area contributed by atoms with Crippen LogP contribution in [-0.4, -0.2) is 26.0 Å². The van der Waals surface area contributed by atoms with Crippen LogP contribution in [0.2, 0.25) is 5.28 Å². The second-order valence-electron chi connectivity index (χ2n) is 4.97. The topological polar surface area (TPSA) is 102 Å². The average Bonchev–Trinajstić information content (AvgIpc) is 2.64. The number of aryl methyl sites for hydroxylation is 1. The Bertz CT molecular complexity index is 759. The fraction of sp³-hybridized carbons (Fsp3) is 0.385. The van der Waals surface area contributed by atoms with Gasteiger partial charge in [-0.1, -0.05) is 0 Å². The van der Waals surface area contributed by atoms with Crippen molar-refractivity contribution in [3.8, 4) is 0 Å². The van der Waals surface area contributed by atoms with Crippen molar-refractivity contribution in [1.82, 2.24) is 19.7 Å². The predicted molar refractivity (Wildman–Crippen MR) is 83.6 cm³/mol. The summed E-state index contributed by atoms with van der Waals surface area (Å²) in [4.78, 5) is 22.3. The standard InChI is InChI=1S/C13H17ClN6O/c1-6(2)20-8(4)10(7(3)19-20)16-5-9-11(15)17-13(14)18-12(9)21/h5-6H,1-4H3,(H3,15,17,18,21). The van der Waals surface area contributed by atoms with E-state index in [2.05, 4.69) is 20.1 Å². The molecule has 2 heterocycles. The van der Waals surface area contributed by atoms with Crippen molar-refractivity contribution >= 4 is 29.3 Å². The lowest BCUT2D eigenvalue weighted by atomic mass is 10.3.